The van der Waals surface area contributed by atoms with Crippen LogP contribution in [0.1, 0.15) is 10.5 Å². The number of thioether (sulfide) groups is 1. The molecule has 1 saturated heterocycles. The molecular formula is C10H12N4O4S. The second-order valence-corrected chi connectivity index (χ2v) is 4.88. The molecule has 0 bridgehead atoms. The number of imidazole rings is 1. The summed E-state index contributed by atoms with van der Waals surface area (Å²) in [4.78, 5) is 36.9. The zero-order valence-corrected chi connectivity index (χ0v) is 10.6. The Kier molecular flexibility index (Phi) is 4.05. The van der Waals surface area contributed by atoms with Gasteiger partial charge in [-0.1, -0.05) is 11.8 Å². The van der Waals surface area contributed by atoms with Crippen LogP contribution in [0.4, 0.5) is 4.79 Å². The third-order valence-corrected chi connectivity index (χ3v) is 3.39. The van der Waals surface area contributed by atoms with Crippen molar-refractivity contribution in [3.8, 4) is 0 Å². The second-order valence-electron chi connectivity index (χ2n) is 3.89. The van der Waals surface area contributed by atoms with E-state index in [1.165, 1.54) is 12.5 Å². The van der Waals surface area contributed by atoms with Crippen molar-refractivity contribution < 1.29 is 19.5 Å². The third kappa shape index (κ3) is 3.47. The Balaban J connectivity index is 1.75. The average Bonchev–Trinajstić information content (AvgIpc) is 2.98. The number of aromatic carboxylic acids is 1. The Morgan fingerprint density at radius 2 is 2.42 bits per heavy atom. The minimum absolute atomic E-state index is 0.0363. The monoisotopic (exact) mass is 284 g/mol. The lowest BCUT2D eigenvalue weighted by Gasteiger charge is -2.10. The number of nitrogens with one attached hydrogen (secondary N) is 2. The van der Waals surface area contributed by atoms with Crippen LogP contribution in [0.25, 0.3) is 0 Å². The summed E-state index contributed by atoms with van der Waals surface area (Å²) in [5.74, 6) is -0.899. The lowest BCUT2D eigenvalue weighted by Crippen LogP contribution is -2.43. The summed E-state index contributed by atoms with van der Waals surface area (Å²) in [7, 11) is 0. The van der Waals surface area contributed by atoms with E-state index in [-0.39, 0.29) is 16.8 Å². The first-order chi connectivity index (χ1) is 9.06. The molecule has 2 amide bonds. The topological polar surface area (TPSA) is 113 Å². The molecule has 1 aromatic rings. The molecule has 19 heavy (non-hydrogen) atoms. The van der Waals surface area contributed by atoms with Crippen molar-refractivity contribution >= 4 is 28.9 Å². The quantitative estimate of drug-likeness (QED) is 0.673. The Labute approximate surface area is 112 Å². The molecule has 3 N–H and O–H groups in total. The second kappa shape index (κ2) is 5.74. The molecule has 1 atom stereocenters. The molecule has 0 aromatic carbocycles. The predicted molar refractivity (Wildman–Crippen MR) is 67.0 cm³/mol. The van der Waals surface area contributed by atoms with Gasteiger partial charge in [-0.3, -0.25) is 9.59 Å². The number of hydrogen-bond acceptors (Lipinski definition) is 5. The third-order valence-electron chi connectivity index (χ3n) is 2.51. The van der Waals surface area contributed by atoms with Gasteiger partial charge in [0.1, 0.15) is 6.04 Å². The summed E-state index contributed by atoms with van der Waals surface area (Å²) in [5, 5.41) is 13.7. The van der Waals surface area contributed by atoms with Gasteiger partial charge in [0.25, 0.3) is 5.24 Å². The summed E-state index contributed by atoms with van der Waals surface area (Å²) < 4.78 is 1.58. The minimum atomic E-state index is -1.09. The van der Waals surface area contributed by atoms with Crippen molar-refractivity contribution in [2.45, 2.75) is 12.6 Å². The van der Waals surface area contributed by atoms with E-state index in [1.807, 2.05) is 0 Å². The van der Waals surface area contributed by atoms with Crippen molar-refractivity contribution in [2.24, 2.45) is 0 Å². The fraction of sp³-hybridized carbons (Fsp3) is 0.400. The molecule has 0 spiro atoms. The number of aromatic nitrogens is 2. The number of rotatable bonds is 5. The Bertz CT molecular complexity index is 515. The molecule has 0 radical (unpaired) electrons. The normalized spacial score (nSPS) is 18.1. The number of carbonyl (C=O) groups excluding carboxylic acids is 2. The maximum atomic E-state index is 11.6. The molecule has 1 aliphatic heterocycles. The predicted octanol–water partition coefficient (Wildman–Crippen LogP) is -0.478. The Morgan fingerprint density at radius 1 is 1.63 bits per heavy atom. The van der Waals surface area contributed by atoms with E-state index >= 15 is 0 Å². The van der Waals surface area contributed by atoms with E-state index in [4.69, 9.17) is 5.11 Å². The van der Waals surface area contributed by atoms with Crippen LogP contribution in [0.3, 0.4) is 0 Å². The van der Waals surface area contributed by atoms with Crippen LogP contribution in [-0.2, 0) is 11.3 Å². The number of carboxylic acid groups (broad SMARTS) is 1. The zero-order valence-electron chi connectivity index (χ0n) is 9.83. The Hall–Kier alpha value is -2.03. The van der Waals surface area contributed by atoms with Crippen molar-refractivity contribution in [1.29, 1.82) is 0 Å². The molecule has 2 rings (SSSR count). The smallest absolute Gasteiger partial charge is 0.356 e. The fourth-order valence-electron chi connectivity index (χ4n) is 1.55. The first kappa shape index (κ1) is 13.4. The van der Waals surface area contributed by atoms with Gasteiger partial charge in [-0.2, -0.15) is 0 Å². The highest BCUT2D eigenvalue weighted by molar-refractivity contribution is 8.14. The molecule has 0 saturated carbocycles. The van der Waals surface area contributed by atoms with Crippen molar-refractivity contribution in [3.05, 3.63) is 18.2 Å². The number of carbonyl (C=O) groups is 3. The molecule has 1 unspecified atom stereocenters. The Morgan fingerprint density at radius 3 is 3.00 bits per heavy atom. The van der Waals surface area contributed by atoms with E-state index in [2.05, 4.69) is 15.6 Å². The standard InChI is InChI=1S/C10H12N4O4S/c15-8(7-4-19-10(18)13-7)11-1-2-14-3-6(9(16)17)12-5-14/h3,5,7H,1-2,4H2,(H,11,15)(H,13,18)(H,16,17). The van der Waals surface area contributed by atoms with E-state index in [0.717, 1.165) is 11.8 Å². The summed E-state index contributed by atoms with van der Waals surface area (Å²) in [6.45, 7) is 0.755. The number of carboxylic acids is 1. The van der Waals surface area contributed by atoms with Gasteiger partial charge < -0.3 is 20.3 Å². The van der Waals surface area contributed by atoms with Gasteiger partial charge >= 0.3 is 5.97 Å². The van der Waals surface area contributed by atoms with Crippen LogP contribution in [-0.4, -0.2) is 50.1 Å². The van der Waals surface area contributed by atoms with Crippen LogP contribution in [0.2, 0.25) is 0 Å². The van der Waals surface area contributed by atoms with Gasteiger partial charge in [0, 0.05) is 25.0 Å². The summed E-state index contributed by atoms with van der Waals surface area (Å²) >= 11 is 1.08. The van der Waals surface area contributed by atoms with E-state index in [0.29, 0.717) is 18.8 Å². The molecule has 0 aliphatic carbocycles. The summed E-state index contributed by atoms with van der Waals surface area (Å²) in [6.07, 6.45) is 2.78. The summed E-state index contributed by atoms with van der Waals surface area (Å²) in [5.41, 5.74) is -0.0363. The first-order valence-electron chi connectivity index (χ1n) is 5.52. The van der Waals surface area contributed by atoms with Gasteiger partial charge in [-0.15, -0.1) is 0 Å². The van der Waals surface area contributed by atoms with Crippen LogP contribution in [0.15, 0.2) is 12.5 Å². The van der Waals surface area contributed by atoms with Crippen LogP contribution in [0, 0.1) is 0 Å². The lowest BCUT2D eigenvalue weighted by molar-refractivity contribution is -0.122. The molecule has 8 nitrogen and oxygen atoms in total. The highest BCUT2D eigenvalue weighted by Crippen LogP contribution is 2.12. The molecule has 1 aromatic heterocycles. The minimum Gasteiger partial charge on any atom is -0.476 e. The SMILES string of the molecule is O=C1NC(C(=O)NCCn2cnc(C(=O)O)c2)CS1. The van der Waals surface area contributed by atoms with Crippen LogP contribution < -0.4 is 10.6 Å². The number of hydrogen-bond donors (Lipinski definition) is 3. The summed E-state index contributed by atoms with van der Waals surface area (Å²) in [6, 6.07) is -0.491. The largest absolute Gasteiger partial charge is 0.476 e. The molecule has 1 fully saturated rings. The van der Waals surface area contributed by atoms with Gasteiger partial charge in [0.15, 0.2) is 5.69 Å². The van der Waals surface area contributed by atoms with Gasteiger partial charge in [-0.05, 0) is 0 Å². The number of amides is 2. The van der Waals surface area contributed by atoms with Gasteiger partial charge in [0.05, 0.1) is 6.33 Å². The fourth-order valence-corrected chi connectivity index (χ4v) is 2.33. The van der Waals surface area contributed by atoms with Crippen LogP contribution in [0.5, 0.6) is 0 Å². The zero-order chi connectivity index (χ0) is 13.8. The molecule has 9 heteroatoms. The maximum absolute atomic E-state index is 11.6. The lowest BCUT2D eigenvalue weighted by atomic mass is 10.3. The van der Waals surface area contributed by atoms with Crippen molar-refractivity contribution in [3.63, 3.8) is 0 Å². The van der Waals surface area contributed by atoms with E-state index in [1.54, 1.807) is 4.57 Å². The van der Waals surface area contributed by atoms with Crippen LogP contribution >= 0.6 is 11.8 Å². The van der Waals surface area contributed by atoms with E-state index < -0.39 is 12.0 Å². The van der Waals surface area contributed by atoms with Crippen molar-refractivity contribution in [1.82, 2.24) is 20.2 Å². The molecule has 102 valence electrons. The molecular weight excluding hydrogens is 272 g/mol. The highest BCUT2D eigenvalue weighted by atomic mass is 32.2. The first-order valence-corrected chi connectivity index (χ1v) is 6.51. The molecule has 1 aliphatic rings. The maximum Gasteiger partial charge on any atom is 0.356 e. The van der Waals surface area contributed by atoms with E-state index in [9.17, 15) is 14.4 Å². The van der Waals surface area contributed by atoms with Gasteiger partial charge in [-0.25, -0.2) is 9.78 Å². The number of nitrogens with zero attached hydrogens (tertiary/aromatic N) is 2. The average molecular weight is 284 g/mol. The molecule has 2 heterocycles. The van der Waals surface area contributed by atoms with Crippen molar-refractivity contribution in [2.75, 3.05) is 12.3 Å². The highest BCUT2D eigenvalue weighted by Gasteiger charge is 2.27. The van der Waals surface area contributed by atoms with Gasteiger partial charge in [0.2, 0.25) is 5.91 Å².